The number of hydrogen-bond acceptors (Lipinski definition) is 6. The third-order valence-electron chi connectivity index (χ3n) is 5.36. The van der Waals surface area contributed by atoms with Crippen LogP contribution in [0.5, 0.6) is 0 Å². The lowest BCUT2D eigenvalue weighted by Gasteiger charge is -2.46. The maximum absolute atomic E-state index is 4.51. The van der Waals surface area contributed by atoms with Crippen LogP contribution in [0.3, 0.4) is 0 Å². The van der Waals surface area contributed by atoms with E-state index in [1.165, 1.54) is 0 Å². The fourth-order valence-electron chi connectivity index (χ4n) is 4.54. The first-order chi connectivity index (χ1) is 13.2. The molecule has 3 aromatic rings. The Labute approximate surface area is 166 Å². The molecular weight excluding hydrogens is 348 g/mol. The van der Waals surface area contributed by atoms with Crippen molar-refractivity contribution in [3.8, 4) is 11.3 Å². The van der Waals surface area contributed by atoms with Crippen LogP contribution in [0.15, 0.2) is 36.7 Å². The van der Waals surface area contributed by atoms with E-state index in [1.54, 1.807) is 12.4 Å². The molecule has 0 saturated carbocycles. The number of anilines is 1. The van der Waals surface area contributed by atoms with Gasteiger partial charge >= 0.3 is 0 Å². The summed E-state index contributed by atoms with van der Waals surface area (Å²) in [4.78, 5) is 0. The molecule has 0 spiro atoms. The summed E-state index contributed by atoms with van der Waals surface area (Å²) in [5, 5.41) is 26.4. The van der Waals surface area contributed by atoms with Crippen molar-refractivity contribution in [3.05, 3.63) is 42.2 Å². The summed E-state index contributed by atoms with van der Waals surface area (Å²) in [5.41, 5.74) is 3.19. The third-order valence-corrected chi connectivity index (χ3v) is 5.36. The number of aromatic nitrogens is 4. The van der Waals surface area contributed by atoms with Crippen molar-refractivity contribution >= 4 is 16.6 Å². The maximum atomic E-state index is 4.51. The first-order valence-electron chi connectivity index (χ1n) is 9.82. The topological polar surface area (TPSA) is 75.6 Å². The second-order valence-corrected chi connectivity index (χ2v) is 9.24. The van der Waals surface area contributed by atoms with Gasteiger partial charge in [-0.05, 0) is 65.2 Å². The molecule has 3 heterocycles. The Morgan fingerprint density at radius 1 is 0.929 bits per heavy atom. The first kappa shape index (κ1) is 18.7. The van der Waals surface area contributed by atoms with Crippen LogP contribution in [0.4, 0.5) is 5.82 Å². The molecule has 1 aliphatic rings. The highest BCUT2D eigenvalue weighted by Gasteiger charge is 2.37. The Bertz CT molecular complexity index is 995. The van der Waals surface area contributed by atoms with Crippen LogP contribution in [-0.4, -0.2) is 37.5 Å². The number of benzene rings is 1. The third kappa shape index (κ3) is 3.97. The van der Waals surface area contributed by atoms with E-state index in [4.69, 9.17) is 0 Å². The Balaban J connectivity index is 1.57. The highest BCUT2D eigenvalue weighted by molar-refractivity contribution is 5.85. The van der Waals surface area contributed by atoms with Crippen molar-refractivity contribution in [2.75, 3.05) is 5.32 Å². The maximum Gasteiger partial charge on any atom is 0.151 e. The summed E-state index contributed by atoms with van der Waals surface area (Å²) in [5.74, 6) is 0.869. The van der Waals surface area contributed by atoms with Crippen LogP contribution in [-0.2, 0) is 0 Å². The van der Waals surface area contributed by atoms with Crippen molar-refractivity contribution in [1.29, 1.82) is 0 Å². The molecule has 0 aliphatic carbocycles. The van der Waals surface area contributed by atoms with Crippen molar-refractivity contribution in [2.45, 2.75) is 64.6 Å². The van der Waals surface area contributed by atoms with Crippen LogP contribution in [0.1, 0.15) is 46.1 Å². The molecule has 1 aliphatic heterocycles. The second-order valence-electron chi connectivity index (χ2n) is 9.24. The summed E-state index contributed by atoms with van der Waals surface area (Å²) in [6.45, 7) is 11.1. The zero-order chi connectivity index (χ0) is 19.9. The first-order valence-corrected chi connectivity index (χ1v) is 9.82. The summed E-state index contributed by atoms with van der Waals surface area (Å²) < 4.78 is 0. The van der Waals surface area contributed by atoms with Crippen LogP contribution < -0.4 is 10.6 Å². The van der Waals surface area contributed by atoms with Crippen molar-refractivity contribution in [1.82, 2.24) is 25.7 Å². The van der Waals surface area contributed by atoms with E-state index in [0.717, 1.165) is 46.3 Å². The minimum absolute atomic E-state index is 0.0919. The predicted molar refractivity (Wildman–Crippen MR) is 113 cm³/mol. The van der Waals surface area contributed by atoms with E-state index in [0.29, 0.717) is 6.04 Å². The van der Waals surface area contributed by atoms with Gasteiger partial charge in [-0.3, -0.25) is 0 Å². The summed E-state index contributed by atoms with van der Waals surface area (Å²) in [7, 11) is 0. The van der Waals surface area contributed by atoms with E-state index >= 15 is 0 Å². The lowest BCUT2D eigenvalue weighted by atomic mass is 9.79. The number of fused-ring (bicyclic) bond motifs is 1. The Morgan fingerprint density at radius 2 is 1.61 bits per heavy atom. The number of nitrogens with one attached hydrogen (secondary N) is 2. The number of rotatable bonds is 3. The highest BCUT2D eigenvalue weighted by Crippen LogP contribution is 2.31. The molecule has 4 rings (SSSR count). The van der Waals surface area contributed by atoms with Gasteiger partial charge in [-0.25, -0.2) is 0 Å². The van der Waals surface area contributed by atoms with Crippen LogP contribution in [0.25, 0.3) is 22.0 Å². The molecule has 2 aromatic heterocycles. The Morgan fingerprint density at radius 3 is 2.29 bits per heavy atom. The van der Waals surface area contributed by atoms with Gasteiger partial charge in [0.25, 0.3) is 0 Å². The van der Waals surface area contributed by atoms with Crippen LogP contribution in [0.2, 0.25) is 0 Å². The molecule has 6 nitrogen and oxygen atoms in total. The SMILES string of the molecule is Cc1cc(-c2ccc3cnncc3c2)nnc1NC1CC(C)(C)NC(C)(C)C1. The standard InChI is InChI=1S/C22H28N6/c1-14-8-19(15-6-7-16-12-23-24-13-17(16)9-15)26-27-20(14)25-18-10-21(2,3)28-22(4,5)11-18/h6-9,12-13,18,28H,10-11H2,1-5H3,(H,25,27). The highest BCUT2D eigenvalue weighted by atomic mass is 15.2. The molecule has 0 unspecified atom stereocenters. The second kappa shape index (κ2) is 6.78. The number of aryl methyl sites for hydroxylation is 1. The average Bonchev–Trinajstić information content (AvgIpc) is 2.60. The molecule has 0 radical (unpaired) electrons. The summed E-state index contributed by atoms with van der Waals surface area (Å²) in [6.07, 6.45) is 5.64. The van der Waals surface area contributed by atoms with Gasteiger partial charge in [0.1, 0.15) is 0 Å². The zero-order valence-corrected chi connectivity index (χ0v) is 17.2. The lowest BCUT2D eigenvalue weighted by molar-refractivity contribution is 0.170. The summed E-state index contributed by atoms with van der Waals surface area (Å²) >= 11 is 0. The van der Waals surface area contributed by atoms with Gasteiger partial charge in [-0.15, -0.1) is 10.2 Å². The van der Waals surface area contributed by atoms with Crippen LogP contribution >= 0.6 is 0 Å². The fourth-order valence-corrected chi connectivity index (χ4v) is 4.54. The smallest absolute Gasteiger partial charge is 0.151 e. The van der Waals surface area contributed by atoms with Crippen molar-refractivity contribution in [2.24, 2.45) is 0 Å². The molecule has 0 atom stereocenters. The predicted octanol–water partition coefficient (Wildman–Crippen LogP) is 4.12. The Hall–Kier alpha value is -2.60. The molecule has 1 saturated heterocycles. The monoisotopic (exact) mass is 376 g/mol. The molecule has 1 fully saturated rings. The number of hydrogen-bond donors (Lipinski definition) is 2. The fraction of sp³-hybridized carbons (Fsp3) is 0.455. The molecule has 0 bridgehead atoms. The Kier molecular flexibility index (Phi) is 4.54. The molecule has 6 heteroatoms. The molecule has 2 N–H and O–H groups in total. The van der Waals surface area contributed by atoms with E-state index in [1.807, 2.05) is 6.07 Å². The van der Waals surface area contributed by atoms with E-state index in [9.17, 15) is 0 Å². The van der Waals surface area contributed by atoms with E-state index in [-0.39, 0.29) is 11.1 Å². The molecule has 1 aromatic carbocycles. The minimum atomic E-state index is 0.0919. The van der Waals surface area contributed by atoms with Gasteiger partial charge in [0.15, 0.2) is 5.82 Å². The average molecular weight is 377 g/mol. The van der Waals surface area contributed by atoms with Crippen molar-refractivity contribution in [3.63, 3.8) is 0 Å². The van der Waals surface area contributed by atoms with Crippen LogP contribution in [0, 0.1) is 6.92 Å². The molecule has 146 valence electrons. The van der Waals surface area contributed by atoms with Gasteiger partial charge in [0.2, 0.25) is 0 Å². The van der Waals surface area contributed by atoms with E-state index in [2.05, 4.69) is 83.8 Å². The number of piperidine rings is 1. The molecule has 0 amide bonds. The van der Waals surface area contributed by atoms with Gasteiger partial charge < -0.3 is 10.6 Å². The normalized spacial score (nSPS) is 18.9. The van der Waals surface area contributed by atoms with E-state index < -0.39 is 0 Å². The molecular formula is C22H28N6. The molecule has 28 heavy (non-hydrogen) atoms. The minimum Gasteiger partial charge on any atom is -0.365 e. The van der Waals surface area contributed by atoms with Gasteiger partial charge in [0, 0.05) is 33.5 Å². The van der Waals surface area contributed by atoms with Gasteiger partial charge in [-0.1, -0.05) is 12.1 Å². The quantitative estimate of drug-likeness (QED) is 0.716. The number of nitrogens with zero attached hydrogens (tertiary/aromatic N) is 4. The van der Waals surface area contributed by atoms with Gasteiger partial charge in [0.05, 0.1) is 18.1 Å². The largest absolute Gasteiger partial charge is 0.365 e. The summed E-state index contributed by atoms with van der Waals surface area (Å²) in [6, 6.07) is 8.64. The lowest BCUT2D eigenvalue weighted by Crippen LogP contribution is -2.60. The van der Waals surface area contributed by atoms with Gasteiger partial charge in [-0.2, -0.15) is 10.2 Å². The van der Waals surface area contributed by atoms with Crippen molar-refractivity contribution < 1.29 is 0 Å². The zero-order valence-electron chi connectivity index (χ0n) is 17.2.